The van der Waals surface area contributed by atoms with E-state index in [9.17, 15) is 4.79 Å². The van der Waals surface area contributed by atoms with Gasteiger partial charge in [-0.05, 0) is 38.2 Å². The van der Waals surface area contributed by atoms with Crippen molar-refractivity contribution in [2.24, 2.45) is 0 Å². The van der Waals surface area contributed by atoms with Crippen molar-refractivity contribution in [3.8, 4) is 5.75 Å². The Morgan fingerprint density at radius 2 is 2.27 bits per heavy atom. The van der Waals surface area contributed by atoms with E-state index in [-0.39, 0.29) is 11.9 Å². The third kappa shape index (κ3) is 4.89. The highest BCUT2D eigenvalue weighted by Gasteiger charge is 2.23. The fourth-order valence-corrected chi connectivity index (χ4v) is 2.79. The third-order valence-electron chi connectivity index (χ3n) is 3.96. The van der Waals surface area contributed by atoms with E-state index in [1.807, 2.05) is 18.2 Å². The molecule has 0 saturated heterocycles. The standard InChI is InChI=1S/C17H25ClN2O2/c1-3-4-9-20(2)10-7-17(21)19-15-8-11-22-16-6-5-13(18)12-14(15)16/h5-6,12,15H,3-4,7-11H2,1-2H3,(H,19,21). The topological polar surface area (TPSA) is 41.6 Å². The molecule has 1 heterocycles. The number of carbonyl (C=O) groups is 1. The fourth-order valence-electron chi connectivity index (χ4n) is 2.61. The van der Waals surface area contributed by atoms with Gasteiger partial charge in [0.25, 0.3) is 0 Å². The van der Waals surface area contributed by atoms with Crippen LogP contribution in [0.3, 0.4) is 0 Å². The molecule has 22 heavy (non-hydrogen) atoms. The number of hydrogen-bond donors (Lipinski definition) is 1. The number of carbonyl (C=O) groups excluding carboxylic acids is 1. The minimum atomic E-state index is -0.00380. The van der Waals surface area contributed by atoms with Crippen LogP contribution < -0.4 is 10.1 Å². The molecule has 0 spiro atoms. The van der Waals surface area contributed by atoms with Crippen molar-refractivity contribution in [1.29, 1.82) is 0 Å². The summed E-state index contributed by atoms with van der Waals surface area (Å²) in [6.07, 6.45) is 3.65. The summed E-state index contributed by atoms with van der Waals surface area (Å²) >= 11 is 6.05. The molecule has 0 fully saturated rings. The Balaban J connectivity index is 1.86. The van der Waals surface area contributed by atoms with Crippen LogP contribution in [0.15, 0.2) is 18.2 Å². The van der Waals surface area contributed by atoms with Gasteiger partial charge in [-0.25, -0.2) is 0 Å². The quantitative estimate of drug-likeness (QED) is 0.835. The number of hydrogen-bond acceptors (Lipinski definition) is 3. The van der Waals surface area contributed by atoms with Gasteiger partial charge in [0.2, 0.25) is 5.91 Å². The van der Waals surface area contributed by atoms with Crippen molar-refractivity contribution in [1.82, 2.24) is 10.2 Å². The monoisotopic (exact) mass is 324 g/mol. The highest BCUT2D eigenvalue weighted by atomic mass is 35.5. The van der Waals surface area contributed by atoms with Crippen LogP contribution in [-0.2, 0) is 4.79 Å². The smallest absolute Gasteiger partial charge is 0.221 e. The Kier molecular flexibility index (Phi) is 6.52. The lowest BCUT2D eigenvalue weighted by Crippen LogP contribution is -2.34. The Morgan fingerprint density at radius 3 is 3.05 bits per heavy atom. The predicted molar refractivity (Wildman–Crippen MR) is 89.5 cm³/mol. The Morgan fingerprint density at radius 1 is 1.45 bits per heavy atom. The van der Waals surface area contributed by atoms with Crippen LogP contribution >= 0.6 is 11.6 Å². The van der Waals surface area contributed by atoms with Gasteiger partial charge < -0.3 is 15.0 Å². The molecule has 0 saturated carbocycles. The van der Waals surface area contributed by atoms with E-state index in [0.717, 1.165) is 30.8 Å². The van der Waals surface area contributed by atoms with Crippen LogP contribution in [0, 0.1) is 0 Å². The van der Waals surface area contributed by atoms with Gasteiger partial charge in [0.05, 0.1) is 12.6 Å². The van der Waals surface area contributed by atoms with Gasteiger partial charge in [-0.1, -0.05) is 24.9 Å². The molecular formula is C17H25ClN2O2. The van der Waals surface area contributed by atoms with Crippen LogP contribution in [0.4, 0.5) is 0 Å². The molecule has 1 atom stereocenters. The second-order valence-electron chi connectivity index (χ2n) is 5.85. The molecule has 5 heteroatoms. The zero-order valence-electron chi connectivity index (χ0n) is 13.4. The number of nitrogens with one attached hydrogen (secondary N) is 1. The van der Waals surface area contributed by atoms with E-state index >= 15 is 0 Å². The highest BCUT2D eigenvalue weighted by Crippen LogP contribution is 2.33. The molecule has 1 aliphatic heterocycles. The Hall–Kier alpha value is -1.26. The normalized spacial score (nSPS) is 17.0. The minimum absolute atomic E-state index is 0.00380. The first-order chi connectivity index (χ1) is 10.6. The molecule has 122 valence electrons. The molecule has 0 bridgehead atoms. The number of fused-ring (bicyclic) bond motifs is 1. The maximum absolute atomic E-state index is 12.2. The molecule has 1 aromatic rings. The second kappa shape index (κ2) is 8.39. The summed E-state index contributed by atoms with van der Waals surface area (Å²) in [5, 5.41) is 3.78. The van der Waals surface area contributed by atoms with E-state index in [1.54, 1.807) is 0 Å². The zero-order chi connectivity index (χ0) is 15.9. The number of rotatable bonds is 7. The van der Waals surface area contributed by atoms with Gasteiger partial charge in [0.1, 0.15) is 5.75 Å². The average molecular weight is 325 g/mol. The van der Waals surface area contributed by atoms with E-state index in [0.29, 0.717) is 18.1 Å². The predicted octanol–water partition coefficient (Wildman–Crippen LogP) is 3.40. The summed E-state index contributed by atoms with van der Waals surface area (Å²) in [6.45, 7) is 4.63. The van der Waals surface area contributed by atoms with Crippen LogP contribution in [0.25, 0.3) is 0 Å². The first-order valence-electron chi connectivity index (χ1n) is 8.00. The maximum Gasteiger partial charge on any atom is 0.221 e. The molecule has 4 nitrogen and oxygen atoms in total. The van der Waals surface area contributed by atoms with Crippen molar-refractivity contribution in [3.05, 3.63) is 28.8 Å². The Labute approximate surface area is 137 Å². The summed E-state index contributed by atoms with van der Waals surface area (Å²) in [6, 6.07) is 5.56. The fraction of sp³-hybridized carbons (Fsp3) is 0.588. The van der Waals surface area contributed by atoms with E-state index in [1.165, 1.54) is 12.8 Å². The number of nitrogens with zero attached hydrogens (tertiary/aromatic N) is 1. The first kappa shape index (κ1) is 17.1. The first-order valence-corrected chi connectivity index (χ1v) is 8.38. The molecule has 1 aromatic carbocycles. The lowest BCUT2D eigenvalue weighted by molar-refractivity contribution is -0.122. The van der Waals surface area contributed by atoms with Gasteiger partial charge in [0.15, 0.2) is 0 Å². The maximum atomic E-state index is 12.2. The SMILES string of the molecule is CCCCN(C)CCC(=O)NC1CCOc2ccc(Cl)cc21. The molecule has 1 amide bonds. The zero-order valence-corrected chi connectivity index (χ0v) is 14.2. The average Bonchev–Trinajstić information content (AvgIpc) is 2.51. The van der Waals surface area contributed by atoms with Gasteiger partial charge in [-0.3, -0.25) is 4.79 Å². The van der Waals surface area contributed by atoms with Crippen molar-refractivity contribution in [2.75, 3.05) is 26.7 Å². The molecule has 0 radical (unpaired) electrons. The minimum Gasteiger partial charge on any atom is -0.493 e. The van der Waals surface area contributed by atoms with Crippen LogP contribution in [-0.4, -0.2) is 37.6 Å². The Bertz CT molecular complexity index is 507. The van der Waals surface area contributed by atoms with Crippen molar-refractivity contribution in [3.63, 3.8) is 0 Å². The lowest BCUT2D eigenvalue weighted by Gasteiger charge is -2.27. The molecule has 0 aromatic heterocycles. The molecule has 1 aliphatic rings. The number of halogens is 1. The van der Waals surface area contributed by atoms with Crippen LogP contribution in [0.2, 0.25) is 5.02 Å². The van der Waals surface area contributed by atoms with Crippen LogP contribution in [0.1, 0.15) is 44.2 Å². The second-order valence-corrected chi connectivity index (χ2v) is 6.28. The van der Waals surface area contributed by atoms with E-state index < -0.39 is 0 Å². The number of ether oxygens (including phenoxy) is 1. The molecule has 0 aliphatic carbocycles. The largest absolute Gasteiger partial charge is 0.493 e. The number of amides is 1. The van der Waals surface area contributed by atoms with E-state index in [4.69, 9.17) is 16.3 Å². The highest BCUT2D eigenvalue weighted by molar-refractivity contribution is 6.30. The van der Waals surface area contributed by atoms with Crippen LogP contribution in [0.5, 0.6) is 5.75 Å². The van der Waals surface area contributed by atoms with Gasteiger partial charge in [-0.2, -0.15) is 0 Å². The van der Waals surface area contributed by atoms with Gasteiger partial charge >= 0.3 is 0 Å². The summed E-state index contributed by atoms with van der Waals surface area (Å²) in [4.78, 5) is 14.4. The number of unbranched alkanes of at least 4 members (excludes halogenated alkanes) is 1. The summed E-state index contributed by atoms with van der Waals surface area (Å²) in [5.74, 6) is 0.905. The van der Waals surface area contributed by atoms with Crippen molar-refractivity contribution in [2.45, 2.75) is 38.6 Å². The van der Waals surface area contributed by atoms with Gasteiger partial charge in [0, 0.05) is 30.0 Å². The molecule has 1 unspecified atom stereocenters. The summed E-state index contributed by atoms with van der Waals surface area (Å²) < 4.78 is 5.61. The van der Waals surface area contributed by atoms with Crippen molar-refractivity contribution >= 4 is 17.5 Å². The molecular weight excluding hydrogens is 300 g/mol. The van der Waals surface area contributed by atoms with Crippen molar-refractivity contribution < 1.29 is 9.53 Å². The molecule has 1 N–H and O–H groups in total. The van der Waals surface area contributed by atoms with E-state index in [2.05, 4.69) is 24.2 Å². The third-order valence-corrected chi connectivity index (χ3v) is 4.20. The molecule has 2 rings (SSSR count). The summed E-state index contributed by atoms with van der Waals surface area (Å²) in [7, 11) is 2.06. The number of benzene rings is 1. The lowest BCUT2D eigenvalue weighted by atomic mass is 10.0. The summed E-state index contributed by atoms with van der Waals surface area (Å²) in [5.41, 5.74) is 0.978. The van der Waals surface area contributed by atoms with Gasteiger partial charge in [-0.15, -0.1) is 0 Å².